The Balaban J connectivity index is 0.000000148. The number of rotatable bonds is 0. The summed E-state index contributed by atoms with van der Waals surface area (Å²) in [5, 5.41) is 18.2. The Morgan fingerprint density at radius 2 is 2.11 bits per heavy atom. The van der Waals surface area contributed by atoms with Crippen molar-refractivity contribution >= 4 is 5.96 Å². The number of hydrogen-bond donors (Lipinski definition) is 4. The third-order valence-electron chi connectivity index (χ3n) is 0.270. The van der Waals surface area contributed by atoms with E-state index in [1.807, 2.05) is 0 Å². The first kappa shape index (κ1) is 7.34. The van der Waals surface area contributed by atoms with Crippen LogP contribution in [-0.2, 0) is 0 Å². The molecule has 0 unspecified atom stereocenters. The molecular weight excluding hydrogens is 122 g/mol. The van der Waals surface area contributed by atoms with Gasteiger partial charge in [-0.1, -0.05) is 0 Å². The van der Waals surface area contributed by atoms with Crippen molar-refractivity contribution in [3.05, 3.63) is 6.33 Å². The summed E-state index contributed by atoms with van der Waals surface area (Å²) in [5.74, 6) is -0.333. The highest BCUT2D eigenvalue weighted by Crippen LogP contribution is 1.43. The minimum atomic E-state index is -0.333. The van der Waals surface area contributed by atoms with Crippen molar-refractivity contribution in [1.82, 2.24) is 20.6 Å². The Kier molecular flexibility index (Phi) is 3.67. The molecule has 0 amide bonds. The van der Waals surface area contributed by atoms with Crippen LogP contribution in [-0.4, -0.2) is 26.6 Å². The summed E-state index contributed by atoms with van der Waals surface area (Å²) in [6, 6.07) is 0. The number of nitrogens with zero attached hydrogens (tertiary/aromatic N) is 3. The van der Waals surface area contributed by atoms with Crippen molar-refractivity contribution in [2.45, 2.75) is 0 Å². The second-order valence-corrected chi connectivity index (χ2v) is 1.02. The minimum Gasteiger partial charge on any atom is -0.370 e. The fourth-order valence-corrected chi connectivity index (χ4v) is 0.129. The summed E-state index contributed by atoms with van der Waals surface area (Å²) >= 11 is 0. The van der Waals surface area contributed by atoms with Crippen LogP contribution >= 0.6 is 0 Å². The molecule has 6 N–H and O–H groups in total. The second-order valence-electron chi connectivity index (χ2n) is 1.02. The molecule has 0 saturated heterocycles. The van der Waals surface area contributed by atoms with Crippen molar-refractivity contribution in [2.75, 3.05) is 0 Å². The molecule has 0 bridgehead atoms. The first-order chi connectivity index (χ1) is 4.23. The molecule has 0 radical (unpaired) electrons. The van der Waals surface area contributed by atoms with E-state index in [0.29, 0.717) is 0 Å². The van der Waals surface area contributed by atoms with E-state index in [4.69, 9.17) is 5.41 Å². The zero-order valence-electron chi connectivity index (χ0n) is 4.57. The number of tetrazole rings is 1. The molecule has 0 spiro atoms. The molecule has 7 heteroatoms. The lowest BCUT2D eigenvalue weighted by Crippen LogP contribution is -2.20. The number of hydrogen-bond acceptors (Lipinski definition) is 4. The normalized spacial score (nSPS) is 7.11. The van der Waals surface area contributed by atoms with E-state index in [9.17, 15) is 0 Å². The quantitative estimate of drug-likeness (QED) is 0.238. The topological polar surface area (TPSA) is 130 Å². The maximum Gasteiger partial charge on any atom is 0.183 e. The van der Waals surface area contributed by atoms with Gasteiger partial charge in [0.2, 0.25) is 0 Å². The predicted molar refractivity (Wildman–Crippen MR) is 30.3 cm³/mol. The van der Waals surface area contributed by atoms with Gasteiger partial charge in [-0.05, 0) is 10.4 Å². The highest BCUT2D eigenvalue weighted by molar-refractivity contribution is 5.71. The SMILES string of the molecule is N=C(N)N.c1nnn[nH]1. The zero-order chi connectivity index (χ0) is 7.11. The molecule has 0 aliphatic heterocycles. The molecule has 1 rings (SSSR count). The fraction of sp³-hybridized carbons (Fsp3) is 0. The van der Waals surface area contributed by atoms with Crippen LogP contribution in [0.3, 0.4) is 0 Å². The summed E-state index contributed by atoms with van der Waals surface area (Å²) in [5.41, 5.74) is 8.94. The number of guanidine groups is 1. The summed E-state index contributed by atoms with van der Waals surface area (Å²) in [4.78, 5) is 0. The minimum absolute atomic E-state index is 0.333. The molecule has 50 valence electrons. The molecule has 0 fully saturated rings. The van der Waals surface area contributed by atoms with E-state index in [2.05, 4.69) is 32.1 Å². The van der Waals surface area contributed by atoms with Crippen molar-refractivity contribution in [3.63, 3.8) is 0 Å². The van der Waals surface area contributed by atoms with Crippen LogP contribution in [0.25, 0.3) is 0 Å². The molecule has 0 aliphatic carbocycles. The van der Waals surface area contributed by atoms with Crippen LogP contribution in [0.2, 0.25) is 0 Å². The van der Waals surface area contributed by atoms with E-state index in [0.717, 1.165) is 0 Å². The van der Waals surface area contributed by atoms with Gasteiger partial charge in [0.1, 0.15) is 6.33 Å². The molecule has 1 heterocycles. The zero-order valence-corrected chi connectivity index (χ0v) is 4.57. The Morgan fingerprint density at radius 1 is 1.56 bits per heavy atom. The highest BCUT2D eigenvalue weighted by atomic mass is 15.5. The standard InChI is InChI=1S/CH2N4.CH5N3/c1-2-4-5-3-1;2-1(3)4/h1H,(H,2,3,4,5);(H5,2,3,4). The Bertz CT molecular complexity index is 121. The molecule has 9 heavy (non-hydrogen) atoms. The van der Waals surface area contributed by atoms with Crippen LogP contribution < -0.4 is 11.5 Å². The Hall–Kier alpha value is -1.66. The average molecular weight is 129 g/mol. The average Bonchev–Trinajstić information content (AvgIpc) is 2.11. The predicted octanol–water partition coefficient (Wildman–Crippen LogP) is -1.96. The van der Waals surface area contributed by atoms with Crippen LogP contribution in [0, 0.1) is 5.41 Å². The Morgan fingerprint density at radius 3 is 2.22 bits per heavy atom. The molecule has 0 saturated carbocycles. The lowest BCUT2D eigenvalue weighted by atomic mass is 11.1. The first-order valence-corrected chi connectivity index (χ1v) is 2.00. The maximum atomic E-state index is 6.06. The smallest absolute Gasteiger partial charge is 0.183 e. The molecule has 7 nitrogen and oxygen atoms in total. The molecule has 1 aromatic rings. The van der Waals surface area contributed by atoms with E-state index < -0.39 is 0 Å². The summed E-state index contributed by atoms with van der Waals surface area (Å²) in [7, 11) is 0. The lowest BCUT2D eigenvalue weighted by Gasteiger charge is -1.69. The van der Waals surface area contributed by atoms with Gasteiger partial charge in [-0.15, -0.1) is 5.10 Å². The van der Waals surface area contributed by atoms with Gasteiger partial charge < -0.3 is 11.5 Å². The number of aromatic amines is 1. The van der Waals surface area contributed by atoms with E-state index in [1.54, 1.807) is 0 Å². The van der Waals surface area contributed by atoms with E-state index in [1.165, 1.54) is 6.33 Å². The third-order valence-corrected chi connectivity index (χ3v) is 0.270. The number of nitrogens with one attached hydrogen (secondary N) is 2. The Labute approximate surface area is 50.9 Å². The lowest BCUT2D eigenvalue weighted by molar-refractivity contribution is 0.881. The van der Waals surface area contributed by atoms with Gasteiger partial charge in [0.15, 0.2) is 5.96 Å². The van der Waals surface area contributed by atoms with Crippen LogP contribution in [0.5, 0.6) is 0 Å². The molecular formula is C2H7N7. The maximum absolute atomic E-state index is 6.06. The van der Waals surface area contributed by atoms with Gasteiger partial charge >= 0.3 is 0 Å². The van der Waals surface area contributed by atoms with E-state index in [-0.39, 0.29) is 5.96 Å². The van der Waals surface area contributed by atoms with Gasteiger partial charge in [0.05, 0.1) is 0 Å². The monoisotopic (exact) mass is 129 g/mol. The van der Waals surface area contributed by atoms with Crippen LogP contribution in [0.4, 0.5) is 0 Å². The van der Waals surface area contributed by atoms with Crippen molar-refractivity contribution in [2.24, 2.45) is 11.5 Å². The third kappa shape index (κ3) is 10.7. The fourth-order valence-electron chi connectivity index (χ4n) is 0.129. The van der Waals surface area contributed by atoms with Gasteiger partial charge in [-0.2, -0.15) is 0 Å². The van der Waals surface area contributed by atoms with Gasteiger partial charge in [0.25, 0.3) is 0 Å². The van der Waals surface area contributed by atoms with Crippen molar-refractivity contribution < 1.29 is 0 Å². The van der Waals surface area contributed by atoms with Gasteiger partial charge in [0, 0.05) is 0 Å². The largest absolute Gasteiger partial charge is 0.370 e. The number of aromatic nitrogens is 4. The first-order valence-electron chi connectivity index (χ1n) is 2.00. The molecule has 0 atom stereocenters. The highest BCUT2D eigenvalue weighted by Gasteiger charge is 1.58. The van der Waals surface area contributed by atoms with Gasteiger partial charge in [-0.25, -0.2) is 5.10 Å². The summed E-state index contributed by atoms with van der Waals surface area (Å²) in [6.45, 7) is 0. The van der Waals surface area contributed by atoms with E-state index >= 15 is 0 Å². The summed E-state index contributed by atoms with van der Waals surface area (Å²) < 4.78 is 0. The van der Waals surface area contributed by atoms with Crippen LogP contribution in [0.1, 0.15) is 0 Å². The molecule has 0 aromatic carbocycles. The molecule has 0 aliphatic rings. The van der Waals surface area contributed by atoms with Crippen molar-refractivity contribution in [1.29, 1.82) is 5.41 Å². The summed E-state index contributed by atoms with van der Waals surface area (Å²) in [6.07, 6.45) is 1.40. The number of nitrogens with two attached hydrogens (primary N) is 2. The van der Waals surface area contributed by atoms with Crippen molar-refractivity contribution in [3.8, 4) is 0 Å². The second kappa shape index (κ2) is 4.50. The van der Waals surface area contributed by atoms with Crippen LogP contribution in [0.15, 0.2) is 6.33 Å². The molecule has 1 aromatic heterocycles. The van der Waals surface area contributed by atoms with Gasteiger partial charge in [-0.3, -0.25) is 5.41 Å². The number of H-pyrrole nitrogens is 1.